The van der Waals surface area contributed by atoms with Gasteiger partial charge in [-0.3, -0.25) is 0 Å². The Morgan fingerprint density at radius 2 is 1.89 bits per heavy atom. The van der Waals surface area contributed by atoms with Crippen LogP contribution in [0.4, 0.5) is 5.82 Å². The summed E-state index contributed by atoms with van der Waals surface area (Å²) in [4.78, 5) is 8.94. The predicted molar refractivity (Wildman–Crippen MR) is 77.3 cm³/mol. The van der Waals surface area contributed by atoms with Crippen LogP contribution in [-0.4, -0.2) is 16.6 Å². The van der Waals surface area contributed by atoms with E-state index in [4.69, 9.17) is 10.5 Å². The number of nitrogens with two attached hydrogens (primary N) is 1. The van der Waals surface area contributed by atoms with Crippen LogP contribution in [0, 0.1) is 5.41 Å². The van der Waals surface area contributed by atoms with Crippen LogP contribution in [0.1, 0.15) is 52.2 Å². The molecule has 1 atom stereocenters. The van der Waals surface area contributed by atoms with E-state index in [9.17, 15) is 0 Å². The van der Waals surface area contributed by atoms with E-state index in [-0.39, 0.29) is 11.5 Å². The number of nitrogens with zero attached hydrogens (tertiary/aromatic N) is 2. The standard InChI is InChI=1S/C13H22BrN3O/c1-6-8-9(14)11(15)17-12(16-8)10(18-7-2)13(3,4)5/h10H,6-7H2,1-5H3,(H2,15,16,17). The number of hydrogen-bond acceptors (Lipinski definition) is 4. The van der Waals surface area contributed by atoms with Crippen LogP contribution in [0.25, 0.3) is 0 Å². The van der Waals surface area contributed by atoms with E-state index in [2.05, 4.69) is 46.7 Å². The number of anilines is 1. The largest absolute Gasteiger partial charge is 0.383 e. The molecule has 1 aromatic heterocycles. The van der Waals surface area contributed by atoms with Crippen molar-refractivity contribution in [3.05, 3.63) is 16.0 Å². The highest BCUT2D eigenvalue weighted by Crippen LogP contribution is 2.35. The van der Waals surface area contributed by atoms with Crippen LogP contribution in [0.3, 0.4) is 0 Å². The van der Waals surface area contributed by atoms with E-state index in [0.717, 1.165) is 16.6 Å². The summed E-state index contributed by atoms with van der Waals surface area (Å²) in [5, 5.41) is 0. The zero-order valence-corrected chi connectivity index (χ0v) is 13.3. The van der Waals surface area contributed by atoms with Crippen molar-refractivity contribution in [3.63, 3.8) is 0 Å². The lowest BCUT2D eigenvalue weighted by atomic mass is 9.88. The van der Waals surface area contributed by atoms with Crippen molar-refractivity contribution in [1.29, 1.82) is 0 Å². The summed E-state index contributed by atoms with van der Waals surface area (Å²) in [6, 6.07) is 0. The Bertz CT molecular complexity index is 415. The van der Waals surface area contributed by atoms with Gasteiger partial charge in [-0.25, -0.2) is 9.97 Å². The van der Waals surface area contributed by atoms with Crippen molar-refractivity contribution in [2.24, 2.45) is 5.41 Å². The van der Waals surface area contributed by atoms with Gasteiger partial charge in [-0.15, -0.1) is 0 Å². The summed E-state index contributed by atoms with van der Waals surface area (Å²) >= 11 is 3.42. The summed E-state index contributed by atoms with van der Waals surface area (Å²) in [5.41, 5.74) is 6.78. The SMILES string of the molecule is CCOC(c1nc(N)c(Br)c(CC)n1)C(C)(C)C. The van der Waals surface area contributed by atoms with E-state index in [1.807, 2.05) is 13.8 Å². The number of nitrogen functional groups attached to an aromatic ring is 1. The zero-order valence-electron chi connectivity index (χ0n) is 11.7. The van der Waals surface area contributed by atoms with Gasteiger partial charge < -0.3 is 10.5 Å². The molecule has 1 heterocycles. The van der Waals surface area contributed by atoms with E-state index in [0.29, 0.717) is 18.2 Å². The van der Waals surface area contributed by atoms with Gasteiger partial charge in [0.25, 0.3) is 0 Å². The summed E-state index contributed by atoms with van der Waals surface area (Å²) in [5.74, 6) is 1.15. The molecule has 0 spiro atoms. The molecular weight excluding hydrogens is 294 g/mol. The van der Waals surface area contributed by atoms with E-state index < -0.39 is 0 Å². The first-order valence-corrected chi connectivity index (χ1v) is 7.03. The van der Waals surface area contributed by atoms with Gasteiger partial charge in [0.1, 0.15) is 11.9 Å². The normalized spacial score (nSPS) is 13.7. The van der Waals surface area contributed by atoms with Crippen molar-refractivity contribution in [3.8, 4) is 0 Å². The lowest BCUT2D eigenvalue weighted by Crippen LogP contribution is -2.24. The molecule has 0 radical (unpaired) electrons. The van der Waals surface area contributed by atoms with Crippen molar-refractivity contribution in [2.75, 3.05) is 12.3 Å². The highest BCUT2D eigenvalue weighted by Gasteiger charge is 2.30. The van der Waals surface area contributed by atoms with Gasteiger partial charge in [0.2, 0.25) is 0 Å². The Kier molecular flexibility index (Phi) is 5.10. The van der Waals surface area contributed by atoms with Crippen LogP contribution < -0.4 is 5.73 Å². The maximum absolute atomic E-state index is 5.92. The highest BCUT2D eigenvalue weighted by molar-refractivity contribution is 9.10. The molecule has 102 valence electrons. The molecule has 18 heavy (non-hydrogen) atoms. The molecule has 4 nitrogen and oxygen atoms in total. The lowest BCUT2D eigenvalue weighted by molar-refractivity contribution is -0.0191. The number of rotatable bonds is 4. The summed E-state index contributed by atoms with van der Waals surface area (Å²) < 4.78 is 6.58. The number of ether oxygens (including phenoxy) is 1. The van der Waals surface area contributed by atoms with Gasteiger partial charge in [0, 0.05) is 6.61 Å². The van der Waals surface area contributed by atoms with E-state index in [1.54, 1.807) is 0 Å². The second kappa shape index (κ2) is 5.97. The van der Waals surface area contributed by atoms with Crippen LogP contribution in [-0.2, 0) is 11.2 Å². The fourth-order valence-corrected chi connectivity index (χ4v) is 2.22. The quantitative estimate of drug-likeness (QED) is 0.923. The third kappa shape index (κ3) is 3.42. The molecule has 0 saturated heterocycles. The molecule has 1 rings (SSSR count). The number of hydrogen-bond donors (Lipinski definition) is 1. The highest BCUT2D eigenvalue weighted by atomic mass is 79.9. The molecule has 1 unspecified atom stereocenters. The fourth-order valence-electron chi connectivity index (χ4n) is 1.76. The molecule has 0 aromatic carbocycles. The van der Waals surface area contributed by atoms with E-state index >= 15 is 0 Å². The van der Waals surface area contributed by atoms with Crippen LogP contribution in [0.15, 0.2) is 4.47 Å². The summed E-state index contributed by atoms with van der Waals surface area (Å²) in [6.45, 7) is 11.0. The molecule has 0 fully saturated rings. The predicted octanol–water partition coefficient (Wildman–Crippen LogP) is 3.51. The minimum absolute atomic E-state index is 0.0682. The number of aryl methyl sites for hydroxylation is 1. The van der Waals surface area contributed by atoms with Crippen molar-refractivity contribution in [1.82, 2.24) is 9.97 Å². The van der Waals surface area contributed by atoms with Gasteiger partial charge in [-0.2, -0.15) is 0 Å². The van der Waals surface area contributed by atoms with Crippen LogP contribution in [0.2, 0.25) is 0 Å². The molecule has 1 aromatic rings. The van der Waals surface area contributed by atoms with Gasteiger partial charge in [0.15, 0.2) is 5.82 Å². The number of halogens is 1. The second-order valence-corrected chi connectivity index (χ2v) is 6.08. The van der Waals surface area contributed by atoms with E-state index in [1.165, 1.54) is 0 Å². The van der Waals surface area contributed by atoms with Gasteiger partial charge in [-0.1, -0.05) is 27.7 Å². The van der Waals surface area contributed by atoms with Crippen LogP contribution >= 0.6 is 15.9 Å². The molecule has 0 amide bonds. The molecule has 0 aliphatic heterocycles. The molecule has 2 N–H and O–H groups in total. The smallest absolute Gasteiger partial charge is 0.160 e. The van der Waals surface area contributed by atoms with Gasteiger partial charge in [0.05, 0.1) is 10.2 Å². The Morgan fingerprint density at radius 1 is 1.28 bits per heavy atom. The topological polar surface area (TPSA) is 61.0 Å². The van der Waals surface area contributed by atoms with Gasteiger partial charge >= 0.3 is 0 Å². The third-order valence-electron chi connectivity index (χ3n) is 2.65. The minimum atomic E-state index is -0.150. The molecule has 0 bridgehead atoms. The Hall–Kier alpha value is -0.680. The first-order chi connectivity index (χ1) is 8.31. The fraction of sp³-hybridized carbons (Fsp3) is 0.692. The molecule has 5 heteroatoms. The average Bonchev–Trinajstić information content (AvgIpc) is 2.28. The summed E-state index contributed by atoms with van der Waals surface area (Å²) in [6.07, 6.45) is 0.659. The van der Waals surface area contributed by atoms with Crippen molar-refractivity contribution >= 4 is 21.7 Å². The van der Waals surface area contributed by atoms with Crippen molar-refractivity contribution in [2.45, 2.75) is 47.1 Å². The molecule has 0 aliphatic rings. The second-order valence-electron chi connectivity index (χ2n) is 5.28. The number of aromatic nitrogens is 2. The average molecular weight is 316 g/mol. The minimum Gasteiger partial charge on any atom is -0.383 e. The van der Waals surface area contributed by atoms with Crippen LogP contribution in [0.5, 0.6) is 0 Å². The molecule has 0 aliphatic carbocycles. The molecule has 0 saturated carbocycles. The third-order valence-corrected chi connectivity index (χ3v) is 3.52. The zero-order chi connectivity index (χ0) is 13.9. The summed E-state index contributed by atoms with van der Waals surface area (Å²) in [7, 11) is 0. The maximum atomic E-state index is 5.92. The first kappa shape index (κ1) is 15.4. The monoisotopic (exact) mass is 315 g/mol. The van der Waals surface area contributed by atoms with Crippen molar-refractivity contribution < 1.29 is 4.74 Å². The van der Waals surface area contributed by atoms with Gasteiger partial charge in [-0.05, 0) is 34.7 Å². The lowest BCUT2D eigenvalue weighted by Gasteiger charge is -2.29. The Morgan fingerprint density at radius 3 is 2.33 bits per heavy atom. The maximum Gasteiger partial charge on any atom is 0.160 e. The Labute approximate surface area is 117 Å². The molecular formula is C13H22BrN3O. The Balaban J connectivity index is 3.25. The first-order valence-electron chi connectivity index (χ1n) is 6.24.